The monoisotopic (exact) mass is 382 g/mol. The predicted molar refractivity (Wildman–Crippen MR) is 99.3 cm³/mol. The van der Waals surface area contributed by atoms with Crippen LogP contribution in [0.3, 0.4) is 0 Å². The molecule has 7 nitrogen and oxygen atoms in total. The van der Waals surface area contributed by atoms with Crippen LogP contribution < -0.4 is 5.32 Å². The molecule has 1 N–H and O–H groups in total. The molecule has 0 saturated carbocycles. The molecule has 0 unspecified atom stereocenters. The minimum absolute atomic E-state index is 0.0655. The smallest absolute Gasteiger partial charge is 0.280 e. The maximum Gasteiger partial charge on any atom is 0.280 e. The van der Waals surface area contributed by atoms with Gasteiger partial charge in [-0.1, -0.05) is 30.3 Å². The van der Waals surface area contributed by atoms with Gasteiger partial charge in [-0.25, -0.2) is 18.3 Å². The Morgan fingerprint density at radius 2 is 1.96 bits per heavy atom. The number of carbonyl (C=O) groups excluding carboxylic acids is 1. The van der Waals surface area contributed by atoms with Crippen molar-refractivity contribution >= 4 is 17.2 Å². The van der Waals surface area contributed by atoms with Gasteiger partial charge in [-0.3, -0.25) is 9.48 Å². The molecule has 1 amide bonds. The predicted octanol–water partition coefficient (Wildman–Crippen LogP) is 3.63. The van der Waals surface area contributed by atoms with Gasteiger partial charge in [-0.2, -0.15) is 10.2 Å². The zero-order valence-corrected chi connectivity index (χ0v) is 15.1. The first-order valence-electron chi connectivity index (χ1n) is 8.48. The quantitative estimate of drug-likeness (QED) is 0.585. The maximum atomic E-state index is 13.6. The molecule has 0 aliphatic carbocycles. The first kappa shape index (κ1) is 17.8. The number of rotatable bonds is 4. The van der Waals surface area contributed by atoms with Crippen molar-refractivity contribution in [1.29, 1.82) is 0 Å². The third-order valence-electron chi connectivity index (χ3n) is 4.30. The lowest BCUT2D eigenvalue weighted by Gasteiger charge is -2.08. The van der Waals surface area contributed by atoms with Crippen molar-refractivity contribution in [3.8, 4) is 11.3 Å². The van der Waals surface area contributed by atoms with Gasteiger partial charge < -0.3 is 5.32 Å². The fourth-order valence-electron chi connectivity index (χ4n) is 2.97. The van der Waals surface area contributed by atoms with E-state index in [1.54, 1.807) is 49.1 Å². The number of carbonyl (C=O) groups is 1. The highest BCUT2D eigenvalue weighted by Gasteiger charge is 2.22. The summed E-state index contributed by atoms with van der Waals surface area (Å²) in [7, 11) is 1.74. The molecule has 3 aromatic heterocycles. The number of hydrogen-bond acceptors (Lipinski definition) is 4. The van der Waals surface area contributed by atoms with Gasteiger partial charge in [0.1, 0.15) is 11.3 Å². The molecule has 0 atom stereocenters. The van der Waals surface area contributed by atoms with Crippen LogP contribution in [0.15, 0.2) is 48.8 Å². The van der Waals surface area contributed by atoms with Crippen LogP contribution in [0.4, 0.5) is 14.5 Å². The van der Waals surface area contributed by atoms with Gasteiger partial charge in [0, 0.05) is 18.8 Å². The van der Waals surface area contributed by atoms with Gasteiger partial charge in [0.05, 0.1) is 23.3 Å². The number of alkyl halides is 2. The highest BCUT2D eigenvalue weighted by Crippen LogP contribution is 2.27. The SMILES string of the molecule is Cc1nn(C)cc1NC(=O)c1cnn2c(C(F)F)cc(-c3ccccc3)nc12. The third kappa shape index (κ3) is 3.11. The summed E-state index contributed by atoms with van der Waals surface area (Å²) in [5.41, 5.74) is 2.01. The molecule has 4 rings (SSSR count). The van der Waals surface area contributed by atoms with Crippen molar-refractivity contribution in [3.63, 3.8) is 0 Å². The number of anilines is 1. The highest BCUT2D eigenvalue weighted by atomic mass is 19.3. The average molecular weight is 382 g/mol. The van der Waals surface area contributed by atoms with Crippen LogP contribution in [0, 0.1) is 6.92 Å². The van der Waals surface area contributed by atoms with E-state index in [2.05, 4.69) is 20.5 Å². The van der Waals surface area contributed by atoms with Gasteiger partial charge in [0.25, 0.3) is 12.3 Å². The molecular weight excluding hydrogens is 366 g/mol. The lowest BCUT2D eigenvalue weighted by Crippen LogP contribution is -2.13. The molecule has 9 heteroatoms. The lowest BCUT2D eigenvalue weighted by molar-refractivity contribution is 0.102. The Hall–Kier alpha value is -3.62. The van der Waals surface area contributed by atoms with Crippen molar-refractivity contribution in [2.75, 3.05) is 5.32 Å². The van der Waals surface area contributed by atoms with Crippen LogP contribution in [-0.4, -0.2) is 30.3 Å². The van der Waals surface area contributed by atoms with E-state index >= 15 is 0 Å². The summed E-state index contributed by atoms with van der Waals surface area (Å²) in [5.74, 6) is -0.496. The molecule has 0 radical (unpaired) electrons. The van der Waals surface area contributed by atoms with E-state index in [-0.39, 0.29) is 16.9 Å². The summed E-state index contributed by atoms with van der Waals surface area (Å²) in [6.07, 6.45) is 0.125. The van der Waals surface area contributed by atoms with E-state index in [0.717, 1.165) is 4.52 Å². The Balaban J connectivity index is 1.82. The molecule has 1 aromatic carbocycles. The molecule has 4 aromatic rings. The first-order chi connectivity index (χ1) is 13.4. The molecule has 3 heterocycles. The number of amides is 1. The van der Waals surface area contributed by atoms with Gasteiger partial charge in [0.15, 0.2) is 5.65 Å². The molecule has 28 heavy (non-hydrogen) atoms. The molecule has 0 aliphatic rings. The minimum Gasteiger partial charge on any atom is -0.319 e. The largest absolute Gasteiger partial charge is 0.319 e. The van der Waals surface area contributed by atoms with Crippen LogP contribution in [0.25, 0.3) is 16.9 Å². The Morgan fingerprint density at radius 3 is 2.61 bits per heavy atom. The summed E-state index contributed by atoms with van der Waals surface area (Å²) in [5, 5.41) is 10.9. The van der Waals surface area contributed by atoms with Crippen LogP contribution in [0.2, 0.25) is 0 Å². The van der Waals surface area contributed by atoms with Crippen molar-refractivity contribution < 1.29 is 13.6 Å². The highest BCUT2D eigenvalue weighted by molar-refractivity contribution is 6.08. The summed E-state index contributed by atoms with van der Waals surface area (Å²) in [6, 6.07) is 10.2. The van der Waals surface area contributed by atoms with Gasteiger partial charge in [0.2, 0.25) is 0 Å². The second-order valence-electron chi connectivity index (χ2n) is 6.28. The van der Waals surface area contributed by atoms with E-state index in [0.29, 0.717) is 22.6 Å². The number of halogens is 2. The van der Waals surface area contributed by atoms with Gasteiger partial charge in [-0.05, 0) is 13.0 Å². The molecule has 0 saturated heterocycles. The number of nitrogens with one attached hydrogen (secondary N) is 1. The normalized spacial score (nSPS) is 11.3. The summed E-state index contributed by atoms with van der Waals surface area (Å²) < 4.78 is 29.8. The fourth-order valence-corrected chi connectivity index (χ4v) is 2.97. The second-order valence-corrected chi connectivity index (χ2v) is 6.28. The zero-order valence-electron chi connectivity index (χ0n) is 15.1. The third-order valence-corrected chi connectivity index (χ3v) is 4.30. The molecule has 142 valence electrons. The molecule has 0 fully saturated rings. The van der Waals surface area contributed by atoms with Crippen LogP contribution in [-0.2, 0) is 7.05 Å². The van der Waals surface area contributed by atoms with Gasteiger partial charge >= 0.3 is 0 Å². The molecule has 0 bridgehead atoms. The number of nitrogens with zero attached hydrogens (tertiary/aromatic N) is 5. The second kappa shape index (κ2) is 6.84. The van der Waals surface area contributed by atoms with Crippen LogP contribution in [0.1, 0.15) is 28.2 Å². The van der Waals surface area contributed by atoms with Crippen molar-refractivity contribution in [2.45, 2.75) is 13.3 Å². The number of aryl methyl sites for hydroxylation is 2. The van der Waals surface area contributed by atoms with E-state index in [4.69, 9.17) is 0 Å². The van der Waals surface area contributed by atoms with Crippen LogP contribution in [0.5, 0.6) is 0 Å². The molecule has 0 spiro atoms. The Labute approximate surface area is 158 Å². The standard InChI is InChI=1S/C19H16F2N6O/c1-11-15(10-26(2)25-11)24-19(28)13-9-22-27-16(17(20)21)8-14(23-18(13)27)12-6-4-3-5-7-12/h3-10,17H,1-2H3,(H,24,28). The van der Waals surface area contributed by atoms with Crippen LogP contribution >= 0.6 is 0 Å². The average Bonchev–Trinajstić information content (AvgIpc) is 3.24. The lowest BCUT2D eigenvalue weighted by atomic mass is 10.1. The minimum atomic E-state index is -2.77. The van der Waals surface area contributed by atoms with Crippen molar-refractivity contribution in [2.24, 2.45) is 7.05 Å². The molecule has 0 aliphatic heterocycles. The topological polar surface area (TPSA) is 77.1 Å². The molecular formula is C19H16F2N6O. The summed E-state index contributed by atoms with van der Waals surface area (Å²) >= 11 is 0. The Bertz CT molecular complexity index is 1170. The van der Waals surface area contributed by atoms with E-state index in [1.807, 2.05) is 6.07 Å². The summed E-state index contributed by atoms with van der Waals surface area (Å²) in [6.45, 7) is 1.76. The van der Waals surface area contributed by atoms with E-state index in [1.165, 1.54) is 12.3 Å². The Morgan fingerprint density at radius 1 is 1.21 bits per heavy atom. The maximum absolute atomic E-state index is 13.6. The van der Waals surface area contributed by atoms with Crippen molar-refractivity contribution in [3.05, 3.63) is 65.7 Å². The number of benzene rings is 1. The zero-order chi connectivity index (χ0) is 19.8. The number of fused-ring (bicyclic) bond motifs is 1. The van der Waals surface area contributed by atoms with Gasteiger partial charge in [-0.15, -0.1) is 0 Å². The first-order valence-corrected chi connectivity index (χ1v) is 8.48. The Kier molecular flexibility index (Phi) is 4.34. The number of hydrogen-bond donors (Lipinski definition) is 1. The van der Waals surface area contributed by atoms with E-state index < -0.39 is 12.3 Å². The fraction of sp³-hybridized carbons (Fsp3) is 0.158. The van der Waals surface area contributed by atoms with Crippen molar-refractivity contribution in [1.82, 2.24) is 24.4 Å². The van der Waals surface area contributed by atoms with E-state index in [9.17, 15) is 13.6 Å². The summed E-state index contributed by atoms with van der Waals surface area (Å²) in [4.78, 5) is 17.2. The number of aromatic nitrogens is 5.